The summed E-state index contributed by atoms with van der Waals surface area (Å²) in [5.74, 6) is 0.0804. The van der Waals surface area contributed by atoms with Crippen LogP contribution in [0.15, 0.2) is 71.4 Å². The summed E-state index contributed by atoms with van der Waals surface area (Å²) in [5.41, 5.74) is 4.71. The van der Waals surface area contributed by atoms with E-state index in [-0.39, 0.29) is 11.9 Å². The van der Waals surface area contributed by atoms with Crippen molar-refractivity contribution in [3.05, 3.63) is 82.6 Å². The molecule has 3 aromatic rings. The summed E-state index contributed by atoms with van der Waals surface area (Å²) in [6.45, 7) is 4.87. The predicted molar refractivity (Wildman–Crippen MR) is 125 cm³/mol. The SMILES string of the molecule is CN1CCN(C(CNC(=O)Cc2ccc(-c3ccccc3)cc2)c2ccsc2)CC1. The molecule has 1 unspecified atom stereocenters. The number of hydrogen-bond acceptors (Lipinski definition) is 4. The van der Waals surface area contributed by atoms with Gasteiger partial charge in [0, 0.05) is 32.7 Å². The first-order chi connectivity index (χ1) is 14.7. The molecule has 1 aliphatic rings. The third-order valence-corrected chi connectivity index (χ3v) is 6.53. The average Bonchev–Trinajstić information content (AvgIpc) is 3.31. The van der Waals surface area contributed by atoms with Crippen LogP contribution in [0, 0.1) is 0 Å². The number of likely N-dealkylation sites (N-methyl/N-ethyl adjacent to an activating group) is 1. The Labute approximate surface area is 183 Å². The number of nitrogens with zero attached hydrogens (tertiary/aromatic N) is 2. The van der Waals surface area contributed by atoms with E-state index in [0.717, 1.165) is 31.7 Å². The quantitative estimate of drug-likeness (QED) is 0.627. The van der Waals surface area contributed by atoms with E-state index in [1.165, 1.54) is 16.7 Å². The topological polar surface area (TPSA) is 35.6 Å². The van der Waals surface area contributed by atoms with Crippen molar-refractivity contribution < 1.29 is 4.79 Å². The van der Waals surface area contributed by atoms with Crippen LogP contribution in [0.2, 0.25) is 0 Å². The molecular weight excluding hydrogens is 390 g/mol. The minimum atomic E-state index is 0.0804. The number of thiophene rings is 1. The van der Waals surface area contributed by atoms with Gasteiger partial charge >= 0.3 is 0 Å². The minimum Gasteiger partial charge on any atom is -0.354 e. The lowest BCUT2D eigenvalue weighted by Gasteiger charge is -2.38. The second-order valence-electron chi connectivity index (χ2n) is 7.96. The maximum absolute atomic E-state index is 12.6. The van der Waals surface area contributed by atoms with E-state index >= 15 is 0 Å². The van der Waals surface area contributed by atoms with Gasteiger partial charge in [-0.2, -0.15) is 11.3 Å². The summed E-state index contributed by atoms with van der Waals surface area (Å²) < 4.78 is 0. The maximum Gasteiger partial charge on any atom is 0.224 e. The fourth-order valence-corrected chi connectivity index (χ4v) is 4.67. The van der Waals surface area contributed by atoms with Crippen LogP contribution in [0.25, 0.3) is 11.1 Å². The number of benzene rings is 2. The van der Waals surface area contributed by atoms with Crippen LogP contribution in [0.3, 0.4) is 0 Å². The number of piperazine rings is 1. The number of carbonyl (C=O) groups is 1. The molecule has 0 aliphatic carbocycles. The van der Waals surface area contributed by atoms with Gasteiger partial charge in [-0.05, 0) is 46.1 Å². The Morgan fingerprint density at radius 3 is 2.33 bits per heavy atom. The van der Waals surface area contributed by atoms with E-state index < -0.39 is 0 Å². The highest BCUT2D eigenvalue weighted by Gasteiger charge is 2.24. The molecule has 156 valence electrons. The van der Waals surface area contributed by atoms with Crippen LogP contribution in [0.5, 0.6) is 0 Å². The summed E-state index contributed by atoms with van der Waals surface area (Å²) in [5, 5.41) is 7.51. The zero-order chi connectivity index (χ0) is 20.8. The van der Waals surface area contributed by atoms with Crippen LogP contribution in [-0.2, 0) is 11.2 Å². The summed E-state index contributed by atoms with van der Waals surface area (Å²) in [7, 11) is 2.17. The summed E-state index contributed by atoms with van der Waals surface area (Å²) in [6.07, 6.45) is 0.411. The van der Waals surface area contributed by atoms with Crippen molar-refractivity contribution in [2.75, 3.05) is 39.8 Å². The van der Waals surface area contributed by atoms with Gasteiger partial charge in [-0.25, -0.2) is 0 Å². The van der Waals surface area contributed by atoms with Crippen molar-refractivity contribution in [3.8, 4) is 11.1 Å². The molecule has 0 spiro atoms. The standard InChI is InChI=1S/C25H29N3OS/c1-27-12-14-28(15-13-27)24(23-11-16-30-19-23)18-26-25(29)17-20-7-9-22(10-8-20)21-5-3-2-4-6-21/h2-11,16,19,24H,12-15,17-18H2,1H3,(H,26,29). The Balaban J connectivity index is 1.34. The largest absolute Gasteiger partial charge is 0.354 e. The maximum atomic E-state index is 12.6. The zero-order valence-electron chi connectivity index (χ0n) is 17.5. The Kier molecular flexibility index (Phi) is 6.95. The molecule has 0 radical (unpaired) electrons. The molecule has 1 saturated heterocycles. The minimum absolute atomic E-state index is 0.0804. The number of amides is 1. The molecule has 2 aromatic carbocycles. The van der Waals surface area contributed by atoms with Crippen molar-refractivity contribution in [1.82, 2.24) is 15.1 Å². The monoisotopic (exact) mass is 419 g/mol. The molecule has 0 saturated carbocycles. The van der Waals surface area contributed by atoms with Crippen molar-refractivity contribution in [1.29, 1.82) is 0 Å². The second-order valence-corrected chi connectivity index (χ2v) is 8.74. The summed E-state index contributed by atoms with van der Waals surface area (Å²) in [6, 6.07) is 21.0. The molecule has 1 fully saturated rings. The van der Waals surface area contributed by atoms with Crippen LogP contribution >= 0.6 is 11.3 Å². The van der Waals surface area contributed by atoms with Gasteiger partial charge in [-0.15, -0.1) is 0 Å². The molecule has 30 heavy (non-hydrogen) atoms. The molecule has 0 bridgehead atoms. The van der Waals surface area contributed by atoms with E-state index in [1.54, 1.807) is 11.3 Å². The van der Waals surface area contributed by atoms with Crippen molar-refractivity contribution in [2.45, 2.75) is 12.5 Å². The van der Waals surface area contributed by atoms with Gasteiger partial charge < -0.3 is 10.2 Å². The molecular formula is C25H29N3OS. The molecule has 1 N–H and O–H groups in total. The molecule has 4 rings (SSSR count). The van der Waals surface area contributed by atoms with Crippen LogP contribution in [0.1, 0.15) is 17.2 Å². The summed E-state index contributed by atoms with van der Waals surface area (Å²) >= 11 is 1.72. The van der Waals surface area contributed by atoms with Gasteiger partial charge in [-0.1, -0.05) is 54.6 Å². The molecule has 1 aromatic heterocycles. The first-order valence-corrected chi connectivity index (χ1v) is 11.5. The third kappa shape index (κ3) is 5.36. The molecule has 2 heterocycles. The van der Waals surface area contributed by atoms with Gasteiger partial charge in [0.05, 0.1) is 12.5 Å². The van der Waals surface area contributed by atoms with Gasteiger partial charge in [0.1, 0.15) is 0 Å². The Bertz CT molecular complexity index is 917. The van der Waals surface area contributed by atoms with Crippen molar-refractivity contribution >= 4 is 17.2 Å². The highest BCUT2D eigenvalue weighted by Crippen LogP contribution is 2.24. The number of carbonyl (C=O) groups excluding carboxylic acids is 1. The number of nitrogens with one attached hydrogen (secondary N) is 1. The fourth-order valence-electron chi connectivity index (χ4n) is 3.96. The Morgan fingerprint density at radius 1 is 0.967 bits per heavy atom. The van der Waals surface area contributed by atoms with E-state index in [4.69, 9.17) is 0 Å². The lowest BCUT2D eigenvalue weighted by atomic mass is 10.0. The number of rotatable bonds is 7. The lowest BCUT2D eigenvalue weighted by Crippen LogP contribution is -2.48. The molecule has 5 heteroatoms. The van der Waals surface area contributed by atoms with Crippen molar-refractivity contribution in [3.63, 3.8) is 0 Å². The molecule has 1 amide bonds. The molecule has 4 nitrogen and oxygen atoms in total. The van der Waals surface area contributed by atoms with Gasteiger partial charge in [0.15, 0.2) is 0 Å². The number of hydrogen-bond donors (Lipinski definition) is 1. The van der Waals surface area contributed by atoms with Crippen LogP contribution < -0.4 is 5.32 Å². The Morgan fingerprint density at radius 2 is 1.67 bits per heavy atom. The normalized spacial score (nSPS) is 16.3. The van der Waals surface area contributed by atoms with E-state index in [9.17, 15) is 4.79 Å². The van der Waals surface area contributed by atoms with Gasteiger partial charge in [-0.3, -0.25) is 9.69 Å². The second kappa shape index (κ2) is 10.0. The Hall–Kier alpha value is -2.47. The highest BCUT2D eigenvalue weighted by atomic mass is 32.1. The van der Waals surface area contributed by atoms with E-state index in [1.807, 2.05) is 18.2 Å². The third-order valence-electron chi connectivity index (χ3n) is 5.82. The van der Waals surface area contributed by atoms with Crippen LogP contribution in [0.4, 0.5) is 0 Å². The smallest absolute Gasteiger partial charge is 0.224 e. The fraction of sp³-hybridized carbons (Fsp3) is 0.320. The van der Waals surface area contributed by atoms with Crippen LogP contribution in [-0.4, -0.2) is 55.5 Å². The molecule has 1 aliphatic heterocycles. The van der Waals surface area contributed by atoms with Gasteiger partial charge in [0.2, 0.25) is 5.91 Å². The lowest BCUT2D eigenvalue weighted by molar-refractivity contribution is -0.120. The highest BCUT2D eigenvalue weighted by molar-refractivity contribution is 7.08. The average molecular weight is 420 g/mol. The predicted octanol–water partition coefficient (Wildman–Crippen LogP) is 4.06. The molecule has 1 atom stereocenters. The zero-order valence-corrected chi connectivity index (χ0v) is 18.3. The van der Waals surface area contributed by atoms with Crippen molar-refractivity contribution in [2.24, 2.45) is 0 Å². The van der Waals surface area contributed by atoms with Gasteiger partial charge in [0.25, 0.3) is 0 Å². The first-order valence-electron chi connectivity index (χ1n) is 10.5. The first kappa shape index (κ1) is 20.8. The van der Waals surface area contributed by atoms with E-state index in [2.05, 4.69) is 75.4 Å². The van der Waals surface area contributed by atoms with E-state index in [0.29, 0.717) is 13.0 Å². The summed E-state index contributed by atoms with van der Waals surface area (Å²) in [4.78, 5) is 17.5.